The van der Waals surface area contributed by atoms with Gasteiger partial charge in [-0.25, -0.2) is 9.86 Å². The van der Waals surface area contributed by atoms with Gasteiger partial charge in [0.15, 0.2) is 5.76 Å². The van der Waals surface area contributed by atoms with Gasteiger partial charge in [0.1, 0.15) is 24.7 Å². The molecule has 0 radical (unpaired) electrons. The van der Waals surface area contributed by atoms with Crippen LogP contribution < -0.4 is 26.0 Å². The Balaban J connectivity index is 1.26. The first-order valence-electron chi connectivity index (χ1n) is 17.8. The lowest BCUT2D eigenvalue weighted by Gasteiger charge is -2.23. The Labute approximate surface area is 314 Å². The molecule has 0 saturated heterocycles. The van der Waals surface area contributed by atoms with Crippen LogP contribution in [0.5, 0.6) is 5.75 Å². The van der Waals surface area contributed by atoms with Crippen LogP contribution in [0.15, 0.2) is 95.4 Å². The molecule has 0 aliphatic rings. The van der Waals surface area contributed by atoms with Gasteiger partial charge in [0.25, 0.3) is 11.8 Å². The summed E-state index contributed by atoms with van der Waals surface area (Å²) in [5, 5.41) is 11.8. The van der Waals surface area contributed by atoms with Crippen LogP contribution in [0.2, 0.25) is 0 Å². The zero-order chi connectivity index (χ0) is 38.5. The maximum absolute atomic E-state index is 13.2. The van der Waals surface area contributed by atoms with E-state index >= 15 is 0 Å². The van der Waals surface area contributed by atoms with Crippen molar-refractivity contribution in [3.8, 4) is 17.1 Å². The number of unbranched alkanes of at least 4 members (excludes halogenated alkanes) is 2. The summed E-state index contributed by atoms with van der Waals surface area (Å²) in [7, 11) is 1.46. The molecule has 4 N–H and O–H groups in total. The van der Waals surface area contributed by atoms with E-state index in [4.69, 9.17) is 18.7 Å². The average molecular weight is 742 g/mol. The van der Waals surface area contributed by atoms with E-state index in [1.54, 1.807) is 24.3 Å². The largest absolute Gasteiger partial charge is 0.497 e. The lowest BCUT2D eigenvalue weighted by atomic mass is 10.0. The van der Waals surface area contributed by atoms with Gasteiger partial charge >= 0.3 is 6.09 Å². The zero-order valence-corrected chi connectivity index (χ0v) is 30.5. The Morgan fingerprint density at radius 3 is 2.19 bits per heavy atom. The molecule has 0 saturated carbocycles. The van der Waals surface area contributed by atoms with Gasteiger partial charge in [0.2, 0.25) is 12.3 Å². The highest BCUT2D eigenvalue weighted by atomic mass is 16.7. The number of rotatable bonds is 22. The average Bonchev–Trinajstić information content (AvgIpc) is 3.71. The molecule has 0 unspecified atom stereocenters. The molecule has 54 heavy (non-hydrogen) atoms. The third-order valence-electron chi connectivity index (χ3n) is 8.21. The maximum Gasteiger partial charge on any atom is 0.407 e. The lowest BCUT2D eigenvalue weighted by Crippen LogP contribution is -2.43. The van der Waals surface area contributed by atoms with Crippen molar-refractivity contribution in [2.24, 2.45) is 5.92 Å². The smallest absolute Gasteiger partial charge is 0.407 e. The van der Waals surface area contributed by atoms with Crippen molar-refractivity contribution in [1.29, 1.82) is 0 Å². The molecular formula is C40H47N5O9. The number of carbonyl (C=O) groups is 5. The number of methoxy groups -OCH3 is 1. The second kappa shape index (κ2) is 22.0. The third kappa shape index (κ3) is 13.4. The zero-order valence-electron chi connectivity index (χ0n) is 30.5. The minimum Gasteiger partial charge on any atom is -0.497 e. The number of nitrogens with zero attached hydrogens (tertiary/aromatic N) is 1. The fourth-order valence-electron chi connectivity index (χ4n) is 5.29. The number of amides is 5. The van der Waals surface area contributed by atoms with Gasteiger partial charge in [-0.15, -0.1) is 0 Å². The molecule has 14 nitrogen and oxygen atoms in total. The fraction of sp³-hybridized carbons (Fsp3) is 0.325. The number of hydroxylamine groups is 2. The second-order valence-electron chi connectivity index (χ2n) is 12.2. The maximum atomic E-state index is 13.2. The molecule has 286 valence electrons. The van der Waals surface area contributed by atoms with Gasteiger partial charge in [-0.3, -0.25) is 24.0 Å². The number of hydrogen-bond donors (Lipinski definition) is 4. The minimum absolute atomic E-state index is 0.0146. The van der Waals surface area contributed by atoms with Crippen LogP contribution in [0.4, 0.5) is 4.79 Å². The van der Waals surface area contributed by atoms with E-state index < -0.39 is 23.8 Å². The standard InChI is InChI=1S/C40H47N5O9/c1-3-4-7-16-31(24-45(28-46)53-26-30-14-10-6-11-15-30)37(47)43-27-44-39(49)36-18-17-35(54-36)32-21-33(23-34(22-32)51-2)38(48)41-19-20-42-40(50)52-25-29-12-8-5-9-13-29/h5-6,8-15,17-18,21-23,28,31H,3-4,7,16,19-20,24-27H2,1-2H3,(H,41,48)(H,42,50)(H,43,47)(H,44,49)/t31-/m1/s1. The molecular weight excluding hydrogens is 694 g/mol. The summed E-state index contributed by atoms with van der Waals surface area (Å²) in [4.78, 5) is 68.4. The van der Waals surface area contributed by atoms with Crippen LogP contribution in [-0.4, -0.2) is 68.7 Å². The Morgan fingerprint density at radius 1 is 0.796 bits per heavy atom. The van der Waals surface area contributed by atoms with Crippen molar-refractivity contribution < 1.29 is 42.7 Å². The minimum atomic E-state index is -0.602. The molecule has 0 aliphatic heterocycles. The molecule has 14 heteroatoms. The number of alkyl carbamates (subject to hydrolysis) is 1. The van der Waals surface area contributed by atoms with E-state index in [0.29, 0.717) is 29.9 Å². The first-order chi connectivity index (χ1) is 26.3. The van der Waals surface area contributed by atoms with E-state index in [1.165, 1.54) is 13.2 Å². The summed E-state index contributed by atoms with van der Waals surface area (Å²) in [5.74, 6) is -1.19. The van der Waals surface area contributed by atoms with Gasteiger partial charge in [-0.2, -0.15) is 0 Å². The van der Waals surface area contributed by atoms with Crippen LogP contribution in [0, 0.1) is 5.92 Å². The van der Waals surface area contributed by atoms with Crippen molar-refractivity contribution in [2.75, 3.05) is 33.4 Å². The van der Waals surface area contributed by atoms with Gasteiger partial charge in [-0.1, -0.05) is 86.8 Å². The molecule has 1 atom stereocenters. The van der Waals surface area contributed by atoms with Crippen molar-refractivity contribution in [3.63, 3.8) is 0 Å². The van der Waals surface area contributed by atoms with E-state index in [-0.39, 0.29) is 56.7 Å². The normalized spacial score (nSPS) is 11.1. The molecule has 4 aromatic rings. The highest BCUT2D eigenvalue weighted by Crippen LogP contribution is 2.28. The highest BCUT2D eigenvalue weighted by Gasteiger charge is 2.22. The first kappa shape index (κ1) is 40.6. The molecule has 0 aliphatic carbocycles. The van der Waals surface area contributed by atoms with E-state index in [0.717, 1.165) is 35.5 Å². The number of hydrogen-bond acceptors (Lipinski definition) is 9. The number of benzene rings is 3. The van der Waals surface area contributed by atoms with E-state index in [2.05, 4.69) is 28.2 Å². The van der Waals surface area contributed by atoms with Gasteiger partial charge in [0.05, 0.1) is 26.2 Å². The third-order valence-corrected chi connectivity index (χ3v) is 8.21. The van der Waals surface area contributed by atoms with Crippen LogP contribution in [-0.2, 0) is 32.4 Å². The van der Waals surface area contributed by atoms with Crippen LogP contribution in [0.1, 0.15) is 64.6 Å². The summed E-state index contributed by atoms with van der Waals surface area (Å²) in [6.45, 7) is 2.55. The predicted molar refractivity (Wildman–Crippen MR) is 200 cm³/mol. The van der Waals surface area contributed by atoms with E-state index in [1.807, 2.05) is 60.7 Å². The van der Waals surface area contributed by atoms with Gasteiger partial charge < -0.3 is 35.2 Å². The Kier molecular flexibility index (Phi) is 16.6. The quantitative estimate of drug-likeness (QED) is 0.0365. The van der Waals surface area contributed by atoms with Gasteiger partial charge in [0, 0.05) is 24.2 Å². The Morgan fingerprint density at radius 2 is 1.50 bits per heavy atom. The van der Waals surface area contributed by atoms with Crippen molar-refractivity contribution in [2.45, 2.75) is 45.8 Å². The summed E-state index contributed by atoms with van der Waals surface area (Å²) >= 11 is 0. The predicted octanol–water partition coefficient (Wildman–Crippen LogP) is 5.20. The summed E-state index contributed by atoms with van der Waals surface area (Å²) in [5.41, 5.74) is 2.50. The Hall–Kier alpha value is -6.15. The first-order valence-corrected chi connectivity index (χ1v) is 17.8. The highest BCUT2D eigenvalue weighted by molar-refractivity contribution is 5.96. The van der Waals surface area contributed by atoms with Crippen molar-refractivity contribution in [3.05, 3.63) is 113 Å². The number of nitrogens with one attached hydrogen (secondary N) is 4. The van der Waals surface area contributed by atoms with Crippen LogP contribution >= 0.6 is 0 Å². The number of carbonyl (C=O) groups excluding carboxylic acids is 5. The summed E-state index contributed by atoms with van der Waals surface area (Å²) in [6.07, 6.45) is 3.18. The molecule has 1 heterocycles. The molecule has 3 aromatic carbocycles. The number of furan rings is 1. The fourth-order valence-corrected chi connectivity index (χ4v) is 5.29. The lowest BCUT2D eigenvalue weighted by molar-refractivity contribution is -0.182. The Bertz CT molecular complexity index is 1800. The van der Waals surface area contributed by atoms with E-state index in [9.17, 15) is 24.0 Å². The molecule has 0 bridgehead atoms. The number of ether oxygens (including phenoxy) is 2. The van der Waals surface area contributed by atoms with Gasteiger partial charge in [-0.05, 0) is 47.9 Å². The topological polar surface area (TPSA) is 178 Å². The SMILES string of the molecule is CCCCC[C@H](CN(C=O)OCc1ccccc1)C(=O)NCNC(=O)c1ccc(-c2cc(OC)cc(C(=O)NCCNC(=O)OCc3ccccc3)c2)o1. The molecule has 5 amide bonds. The van der Waals surface area contributed by atoms with Crippen LogP contribution in [0.3, 0.4) is 0 Å². The molecule has 4 rings (SSSR count). The van der Waals surface area contributed by atoms with Crippen LogP contribution in [0.25, 0.3) is 11.3 Å². The second-order valence-corrected chi connectivity index (χ2v) is 12.2. The molecule has 0 spiro atoms. The van der Waals surface area contributed by atoms with Crippen molar-refractivity contribution >= 4 is 30.2 Å². The monoisotopic (exact) mass is 741 g/mol. The molecule has 1 aromatic heterocycles. The van der Waals surface area contributed by atoms with Crippen molar-refractivity contribution in [1.82, 2.24) is 26.3 Å². The summed E-state index contributed by atoms with van der Waals surface area (Å²) in [6, 6.07) is 26.5. The summed E-state index contributed by atoms with van der Waals surface area (Å²) < 4.78 is 16.4. The molecule has 0 fully saturated rings.